The molecule has 256 valence electrons. The van der Waals surface area contributed by atoms with Gasteiger partial charge in [-0.2, -0.15) is 0 Å². The monoisotopic (exact) mass is 690 g/mol. The minimum Gasteiger partial charge on any atom is -0.493 e. The van der Waals surface area contributed by atoms with E-state index in [1.807, 2.05) is 0 Å². The minimum absolute atomic E-state index is 0. The molecule has 5 rings (SSSR count). The van der Waals surface area contributed by atoms with Crippen molar-refractivity contribution in [2.75, 3.05) is 48.4 Å². The SMILES string of the molecule is COC(=O)c1ccc(COc2cc3c(=O)n(-c4ccc(N)cc4)c(C(=O)OC)c(-c4cc(OC)c(OC)c(OC)c4)c3cc2OC)cc1.Cl. The van der Waals surface area contributed by atoms with E-state index in [0.717, 1.165) is 5.56 Å². The van der Waals surface area contributed by atoms with Crippen molar-refractivity contribution >= 4 is 40.8 Å². The van der Waals surface area contributed by atoms with Crippen molar-refractivity contribution in [3.63, 3.8) is 0 Å². The number of methoxy groups -OCH3 is 6. The zero-order chi connectivity index (χ0) is 34.5. The van der Waals surface area contributed by atoms with Crippen LogP contribution < -0.4 is 35.0 Å². The number of carbonyl (C=O) groups is 2. The fourth-order valence-corrected chi connectivity index (χ4v) is 5.37. The van der Waals surface area contributed by atoms with Crippen LogP contribution in [0.3, 0.4) is 0 Å². The van der Waals surface area contributed by atoms with Gasteiger partial charge in [-0.05, 0) is 71.8 Å². The van der Waals surface area contributed by atoms with Crippen molar-refractivity contribution in [3.05, 3.63) is 100.0 Å². The highest BCUT2D eigenvalue weighted by molar-refractivity contribution is 6.08. The number of esters is 2. The molecule has 0 aliphatic rings. The third-order valence-electron chi connectivity index (χ3n) is 7.72. The van der Waals surface area contributed by atoms with Gasteiger partial charge in [0.1, 0.15) is 12.3 Å². The summed E-state index contributed by atoms with van der Waals surface area (Å²) < 4.78 is 39.9. The van der Waals surface area contributed by atoms with E-state index in [4.69, 9.17) is 38.9 Å². The van der Waals surface area contributed by atoms with Crippen molar-refractivity contribution in [1.82, 2.24) is 4.57 Å². The van der Waals surface area contributed by atoms with Gasteiger partial charge in [0.05, 0.1) is 53.6 Å². The van der Waals surface area contributed by atoms with Crippen LogP contribution in [0, 0.1) is 0 Å². The molecule has 1 heterocycles. The number of ether oxygens (including phenoxy) is 7. The molecular weight excluding hydrogens is 656 g/mol. The van der Waals surface area contributed by atoms with Crippen LogP contribution in [0.2, 0.25) is 0 Å². The van der Waals surface area contributed by atoms with E-state index in [1.54, 1.807) is 72.8 Å². The number of rotatable bonds is 11. The fraction of sp³-hybridized carbons (Fsp3) is 0.194. The molecule has 4 aromatic carbocycles. The molecule has 0 amide bonds. The van der Waals surface area contributed by atoms with E-state index in [-0.39, 0.29) is 35.8 Å². The van der Waals surface area contributed by atoms with Gasteiger partial charge in [0, 0.05) is 22.3 Å². The smallest absolute Gasteiger partial charge is 0.355 e. The summed E-state index contributed by atoms with van der Waals surface area (Å²) in [5.41, 5.74) is 8.15. The van der Waals surface area contributed by atoms with E-state index in [2.05, 4.69) is 0 Å². The Morgan fingerprint density at radius 1 is 0.673 bits per heavy atom. The number of nitrogens with two attached hydrogens (primary N) is 1. The first-order chi connectivity index (χ1) is 23.2. The molecule has 2 N–H and O–H groups in total. The summed E-state index contributed by atoms with van der Waals surface area (Å²) in [4.78, 5) is 40.0. The Bertz CT molecular complexity index is 2030. The molecule has 0 radical (unpaired) electrons. The largest absolute Gasteiger partial charge is 0.493 e. The molecule has 0 spiro atoms. The predicted octanol–water partition coefficient (Wildman–Crippen LogP) is 5.85. The highest BCUT2D eigenvalue weighted by atomic mass is 35.5. The number of nitrogen functional groups attached to an aromatic ring is 1. The maximum atomic E-state index is 14.5. The summed E-state index contributed by atoms with van der Waals surface area (Å²) in [6, 6.07) is 19.8. The summed E-state index contributed by atoms with van der Waals surface area (Å²) in [6.07, 6.45) is 0. The summed E-state index contributed by atoms with van der Waals surface area (Å²) >= 11 is 0. The molecule has 0 aliphatic carbocycles. The standard InChI is InChI=1S/C36H34N2O10.ClH/c1-42-27-17-25-26(18-28(27)48-19-20-7-9-21(10-8-20)35(40)46-5)34(39)38(24-13-11-23(37)12-14-24)32(36(41)47-6)31(25)22-15-29(43-2)33(45-4)30(16-22)44-3;/h7-18H,19,37H2,1-6H3;1H. The quantitative estimate of drug-likeness (QED) is 0.132. The lowest BCUT2D eigenvalue weighted by molar-refractivity contribution is 0.0586. The lowest BCUT2D eigenvalue weighted by Crippen LogP contribution is -2.27. The van der Waals surface area contributed by atoms with Gasteiger partial charge in [0.25, 0.3) is 5.56 Å². The summed E-state index contributed by atoms with van der Waals surface area (Å²) in [7, 11) is 8.45. The second-order valence-corrected chi connectivity index (χ2v) is 10.4. The van der Waals surface area contributed by atoms with Crippen LogP contribution in [0.4, 0.5) is 5.69 Å². The molecule has 1 aromatic heterocycles. The number of benzene rings is 4. The molecule has 0 unspecified atom stereocenters. The van der Waals surface area contributed by atoms with Crippen LogP contribution in [0.5, 0.6) is 28.7 Å². The first kappa shape index (κ1) is 36.0. The zero-order valence-corrected chi connectivity index (χ0v) is 28.5. The highest BCUT2D eigenvalue weighted by Crippen LogP contribution is 2.45. The summed E-state index contributed by atoms with van der Waals surface area (Å²) in [5, 5.41) is 0.577. The van der Waals surface area contributed by atoms with Crippen molar-refractivity contribution in [2.45, 2.75) is 6.61 Å². The molecule has 0 saturated carbocycles. The number of hydrogen-bond donors (Lipinski definition) is 1. The molecule has 0 fully saturated rings. The summed E-state index contributed by atoms with van der Waals surface area (Å²) in [5.74, 6) is 0.326. The van der Waals surface area contributed by atoms with Gasteiger partial charge < -0.3 is 38.9 Å². The maximum Gasteiger partial charge on any atom is 0.355 e. The van der Waals surface area contributed by atoms with Gasteiger partial charge in [0.15, 0.2) is 23.0 Å². The van der Waals surface area contributed by atoms with Crippen LogP contribution >= 0.6 is 12.4 Å². The molecule has 0 saturated heterocycles. The lowest BCUT2D eigenvalue weighted by Gasteiger charge is -2.21. The number of halogens is 1. The Morgan fingerprint density at radius 2 is 1.24 bits per heavy atom. The van der Waals surface area contributed by atoms with E-state index in [1.165, 1.54) is 47.2 Å². The third-order valence-corrected chi connectivity index (χ3v) is 7.72. The van der Waals surface area contributed by atoms with E-state index in [9.17, 15) is 14.4 Å². The average molecular weight is 691 g/mol. The van der Waals surface area contributed by atoms with Crippen LogP contribution in [-0.4, -0.2) is 59.2 Å². The minimum atomic E-state index is -0.774. The predicted molar refractivity (Wildman–Crippen MR) is 186 cm³/mol. The van der Waals surface area contributed by atoms with Gasteiger partial charge in [-0.25, -0.2) is 9.59 Å². The Balaban J connectivity index is 0.00000541. The molecule has 0 bridgehead atoms. The van der Waals surface area contributed by atoms with Crippen molar-refractivity contribution in [3.8, 4) is 45.6 Å². The number of anilines is 1. The van der Waals surface area contributed by atoms with E-state index in [0.29, 0.717) is 56.4 Å². The molecule has 5 aromatic rings. The lowest BCUT2D eigenvalue weighted by atomic mass is 9.95. The van der Waals surface area contributed by atoms with Crippen LogP contribution in [-0.2, 0) is 16.1 Å². The maximum absolute atomic E-state index is 14.5. The van der Waals surface area contributed by atoms with Crippen LogP contribution in [0.1, 0.15) is 26.4 Å². The van der Waals surface area contributed by atoms with Crippen molar-refractivity contribution < 1.29 is 42.7 Å². The van der Waals surface area contributed by atoms with Crippen LogP contribution in [0.15, 0.2) is 77.6 Å². The first-order valence-corrected chi connectivity index (χ1v) is 14.5. The third kappa shape index (κ3) is 6.90. The van der Waals surface area contributed by atoms with E-state index >= 15 is 0 Å². The fourth-order valence-electron chi connectivity index (χ4n) is 5.37. The Hall–Kier alpha value is -5.88. The summed E-state index contributed by atoms with van der Waals surface area (Å²) in [6.45, 7) is 0.0927. The molecule has 0 aliphatic heterocycles. The van der Waals surface area contributed by atoms with Gasteiger partial charge in [-0.1, -0.05) is 12.1 Å². The number of carbonyl (C=O) groups excluding carboxylic acids is 2. The number of aromatic nitrogens is 1. The Labute approximate surface area is 288 Å². The van der Waals surface area contributed by atoms with Gasteiger partial charge >= 0.3 is 11.9 Å². The van der Waals surface area contributed by atoms with Crippen molar-refractivity contribution in [2.24, 2.45) is 0 Å². The second-order valence-electron chi connectivity index (χ2n) is 10.4. The zero-order valence-electron chi connectivity index (χ0n) is 27.7. The molecule has 12 nitrogen and oxygen atoms in total. The van der Waals surface area contributed by atoms with Gasteiger partial charge in [0.2, 0.25) is 5.75 Å². The highest BCUT2D eigenvalue weighted by Gasteiger charge is 2.28. The molecule has 49 heavy (non-hydrogen) atoms. The molecule has 13 heteroatoms. The Kier molecular flexibility index (Phi) is 11.3. The van der Waals surface area contributed by atoms with E-state index < -0.39 is 17.5 Å². The normalized spacial score (nSPS) is 10.5. The molecular formula is C36H35ClN2O10. The van der Waals surface area contributed by atoms with Gasteiger partial charge in [-0.3, -0.25) is 9.36 Å². The first-order valence-electron chi connectivity index (χ1n) is 14.5. The number of fused-ring (bicyclic) bond motifs is 1. The van der Waals surface area contributed by atoms with Crippen LogP contribution in [0.25, 0.3) is 27.6 Å². The number of hydrogen-bond acceptors (Lipinski definition) is 11. The number of pyridine rings is 1. The second kappa shape index (κ2) is 15.3. The topological polar surface area (TPSA) is 147 Å². The molecule has 0 atom stereocenters. The van der Waals surface area contributed by atoms with Crippen molar-refractivity contribution in [1.29, 1.82) is 0 Å². The Morgan fingerprint density at radius 3 is 1.78 bits per heavy atom. The van der Waals surface area contributed by atoms with Gasteiger partial charge in [-0.15, -0.1) is 12.4 Å². The average Bonchev–Trinajstić information content (AvgIpc) is 3.12. The number of nitrogens with zero attached hydrogens (tertiary/aromatic N) is 1.